The molecule has 0 unspecified atom stereocenters. The van der Waals surface area contributed by atoms with E-state index < -0.39 is 0 Å². The molecule has 6 heteroatoms. The van der Waals surface area contributed by atoms with Crippen LogP contribution < -0.4 is 5.32 Å². The molecule has 1 N–H and O–H groups in total. The number of anilines is 1. The van der Waals surface area contributed by atoms with E-state index in [1.165, 1.54) is 16.9 Å². The van der Waals surface area contributed by atoms with Gasteiger partial charge in [-0.1, -0.05) is 13.3 Å². The molecule has 0 aliphatic rings. The standard InChI is InChI=1S/C17H17FN4O/c1-2-3-4-17(23)19-13-7-10-15-16(11-13)21-22(20-15)14-8-5-12(18)6-9-14/h5-11H,2-4H2,1H3,(H,19,23). The Morgan fingerprint density at radius 3 is 2.61 bits per heavy atom. The number of fused-ring (bicyclic) bond motifs is 1. The summed E-state index contributed by atoms with van der Waals surface area (Å²) < 4.78 is 13.0. The van der Waals surface area contributed by atoms with Gasteiger partial charge >= 0.3 is 0 Å². The molecule has 0 atom stereocenters. The summed E-state index contributed by atoms with van der Waals surface area (Å²) >= 11 is 0. The summed E-state index contributed by atoms with van der Waals surface area (Å²) in [5, 5.41) is 11.6. The lowest BCUT2D eigenvalue weighted by molar-refractivity contribution is -0.116. The van der Waals surface area contributed by atoms with Gasteiger partial charge in [0.1, 0.15) is 16.9 Å². The molecule has 2 aromatic carbocycles. The van der Waals surface area contributed by atoms with E-state index >= 15 is 0 Å². The van der Waals surface area contributed by atoms with Gasteiger partial charge in [-0.05, 0) is 48.9 Å². The van der Waals surface area contributed by atoms with Crippen molar-refractivity contribution in [1.82, 2.24) is 15.0 Å². The van der Waals surface area contributed by atoms with Crippen LogP contribution in [0.4, 0.5) is 10.1 Å². The van der Waals surface area contributed by atoms with E-state index in [2.05, 4.69) is 15.5 Å². The maximum absolute atomic E-state index is 13.0. The molecule has 0 spiro atoms. The zero-order valence-corrected chi connectivity index (χ0v) is 12.8. The zero-order chi connectivity index (χ0) is 16.2. The Morgan fingerprint density at radius 1 is 1.13 bits per heavy atom. The number of amides is 1. The summed E-state index contributed by atoms with van der Waals surface area (Å²) in [5.74, 6) is -0.306. The largest absolute Gasteiger partial charge is 0.326 e. The number of rotatable bonds is 5. The minimum atomic E-state index is -0.303. The summed E-state index contributed by atoms with van der Waals surface area (Å²) in [6.45, 7) is 2.05. The zero-order valence-electron chi connectivity index (χ0n) is 12.8. The number of nitrogens with one attached hydrogen (secondary N) is 1. The second-order valence-electron chi connectivity index (χ2n) is 5.32. The number of hydrogen-bond donors (Lipinski definition) is 1. The fourth-order valence-corrected chi connectivity index (χ4v) is 2.24. The molecule has 5 nitrogen and oxygen atoms in total. The second kappa shape index (κ2) is 6.56. The van der Waals surface area contributed by atoms with Crippen LogP contribution in [0.5, 0.6) is 0 Å². The lowest BCUT2D eigenvalue weighted by Crippen LogP contribution is -2.10. The summed E-state index contributed by atoms with van der Waals surface area (Å²) in [6, 6.07) is 11.3. The highest BCUT2D eigenvalue weighted by atomic mass is 19.1. The number of carbonyl (C=O) groups excluding carboxylic acids is 1. The fourth-order valence-electron chi connectivity index (χ4n) is 2.24. The molecule has 0 fully saturated rings. The summed E-state index contributed by atoms with van der Waals surface area (Å²) in [5.41, 5.74) is 2.75. The van der Waals surface area contributed by atoms with E-state index in [0.717, 1.165) is 12.8 Å². The van der Waals surface area contributed by atoms with Crippen LogP contribution in [-0.2, 0) is 4.79 Å². The minimum Gasteiger partial charge on any atom is -0.326 e. The van der Waals surface area contributed by atoms with Crippen molar-refractivity contribution in [3.05, 3.63) is 48.3 Å². The Morgan fingerprint density at radius 2 is 1.87 bits per heavy atom. The molecule has 1 amide bonds. The third kappa shape index (κ3) is 3.53. The van der Waals surface area contributed by atoms with Crippen molar-refractivity contribution in [3.8, 4) is 5.69 Å². The van der Waals surface area contributed by atoms with Crippen molar-refractivity contribution < 1.29 is 9.18 Å². The van der Waals surface area contributed by atoms with Gasteiger partial charge in [0.25, 0.3) is 0 Å². The quantitative estimate of drug-likeness (QED) is 0.781. The van der Waals surface area contributed by atoms with Crippen molar-refractivity contribution in [2.45, 2.75) is 26.2 Å². The molecule has 0 aliphatic carbocycles. The molecule has 0 aliphatic heterocycles. The van der Waals surface area contributed by atoms with Crippen LogP contribution in [0.15, 0.2) is 42.5 Å². The van der Waals surface area contributed by atoms with Crippen LogP contribution in [0.25, 0.3) is 16.7 Å². The number of halogens is 1. The van der Waals surface area contributed by atoms with E-state index in [0.29, 0.717) is 28.8 Å². The third-order valence-corrected chi connectivity index (χ3v) is 3.48. The molecule has 1 aromatic heterocycles. The second-order valence-corrected chi connectivity index (χ2v) is 5.32. The van der Waals surface area contributed by atoms with Gasteiger partial charge in [0, 0.05) is 12.1 Å². The van der Waals surface area contributed by atoms with Gasteiger partial charge in [-0.3, -0.25) is 4.79 Å². The predicted molar refractivity (Wildman–Crippen MR) is 87.0 cm³/mol. The van der Waals surface area contributed by atoms with Gasteiger partial charge in [-0.25, -0.2) is 4.39 Å². The summed E-state index contributed by atoms with van der Waals surface area (Å²) in [7, 11) is 0. The molecule has 1 heterocycles. The van der Waals surface area contributed by atoms with Gasteiger partial charge in [0.2, 0.25) is 5.91 Å². The number of benzene rings is 2. The monoisotopic (exact) mass is 312 g/mol. The van der Waals surface area contributed by atoms with Crippen molar-refractivity contribution >= 4 is 22.6 Å². The van der Waals surface area contributed by atoms with Gasteiger partial charge in [0.15, 0.2) is 0 Å². The first-order chi connectivity index (χ1) is 11.2. The maximum atomic E-state index is 13.0. The van der Waals surface area contributed by atoms with E-state index in [-0.39, 0.29) is 11.7 Å². The van der Waals surface area contributed by atoms with E-state index in [9.17, 15) is 9.18 Å². The van der Waals surface area contributed by atoms with Crippen molar-refractivity contribution in [1.29, 1.82) is 0 Å². The normalized spacial score (nSPS) is 10.9. The van der Waals surface area contributed by atoms with Crippen molar-refractivity contribution in [2.24, 2.45) is 0 Å². The first-order valence-electron chi connectivity index (χ1n) is 7.58. The smallest absolute Gasteiger partial charge is 0.224 e. The van der Waals surface area contributed by atoms with Gasteiger partial charge in [-0.2, -0.15) is 4.80 Å². The molecule has 3 rings (SSSR count). The van der Waals surface area contributed by atoms with Crippen molar-refractivity contribution in [2.75, 3.05) is 5.32 Å². The summed E-state index contributed by atoms with van der Waals surface area (Å²) in [4.78, 5) is 13.2. The van der Waals surface area contributed by atoms with Gasteiger partial charge in [0.05, 0.1) is 5.69 Å². The third-order valence-electron chi connectivity index (χ3n) is 3.48. The lowest BCUT2D eigenvalue weighted by Gasteiger charge is -2.03. The molecular weight excluding hydrogens is 295 g/mol. The number of hydrogen-bond acceptors (Lipinski definition) is 3. The fraction of sp³-hybridized carbons (Fsp3) is 0.235. The van der Waals surface area contributed by atoms with Crippen LogP contribution in [0.1, 0.15) is 26.2 Å². The molecule has 23 heavy (non-hydrogen) atoms. The van der Waals surface area contributed by atoms with Crippen LogP contribution >= 0.6 is 0 Å². The molecule has 118 valence electrons. The molecule has 0 radical (unpaired) electrons. The number of carbonyl (C=O) groups is 1. The molecule has 0 saturated heterocycles. The molecule has 3 aromatic rings. The van der Waals surface area contributed by atoms with Crippen LogP contribution in [0, 0.1) is 5.82 Å². The molecule has 0 bridgehead atoms. The average Bonchev–Trinajstić information content (AvgIpc) is 2.96. The van der Waals surface area contributed by atoms with Crippen LogP contribution in [0.2, 0.25) is 0 Å². The Labute approximate surface area is 133 Å². The lowest BCUT2D eigenvalue weighted by atomic mass is 10.2. The van der Waals surface area contributed by atoms with Crippen molar-refractivity contribution in [3.63, 3.8) is 0 Å². The number of aromatic nitrogens is 3. The predicted octanol–water partition coefficient (Wildman–Crippen LogP) is 3.69. The average molecular weight is 312 g/mol. The van der Waals surface area contributed by atoms with E-state index in [1.807, 2.05) is 6.92 Å². The Bertz CT molecular complexity index is 826. The van der Waals surface area contributed by atoms with Gasteiger partial charge < -0.3 is 5.32 Å². The highest BCUT2D eigenvalue weighted by Crippen LogP contribution is 2.18. The van der Waals surface area contributed by atoms with Gasteiger partial charge in [-0.15, -0.1) is 10.2 Å². The maximum Gasteiger partial charge on any atom is 0.224 e. The van der Waals surface area contributed by atoms with E-state index in [4.69, 9.17) is 0 Å². The van der Waals surface area contributed by atoms with Crippen LogP contribution in [-0.4, -0.2) is 20.9 Å². The Kier molecular flexibility index (Phi) is 4.32. The Balaban J connectivity index is 1.83. The highest BCUT2D eigenvalue weighted by molar-refractivity contribution is 5.92. The highest BCUT2D eigenvalue weighted by Gasteiger charge is 2.07. The van der Waals surface area contributed by atoms with Crippen LogP contribution in [0.3, 0.4) is 0 Å². The molecule has 0 saturated carbocycles. The molecular formula is C17H17FN4O. The van der Waals surface area contributed by atoms with E-state index in [1.54, 1.807) is 30.3 Å². The Hall–Kier alpha value is -2.76. The number of nitrogens with zero attached hydrogens (tertiary/aromatic N) is 3. The summed E-state index contributed by atoms with van der Waals surface area (Å²) in [6.07, 6.45) is 2.37. The first-order valence-corrected chi connectivity index (χ1v) is 7.58. The topological polar surface area (TPSA) is 59.8 Å². The minimum absolute atomic E-state index is 0.00266. The SMILES string of the molecule is CCCCC(=O)Nc1ccc2nn(-c3ccc(F)cc3)nc2c1. The first kappa shape index (κ1) is 15.1. The number of unbranched alkanes of at least 4 members (excludes halogenated alkanes) is 1.